The molecule has 0 fully saturated rings. The summed E-state index contributed by atoms with van der Waals surface area (Å²) in [6, 6.07) is 0. The van der Waals surface area contributed by atoms with E-state index in [1.54, 1.807) is 0 Å². The average Bonchev–Trinajstić information content (AvgIpc) is 2.16. The van der Waals surface area contributed by atoms with Crippen molar-refractivity contribution in [3.05, 3.63) is 12.2 Å². The minimum Gasteiger partial charge on any atom is -0.466 e. The highest BCUT2D eigenvalue weighted by molar-refractivity contribution is 6.34. The molecule has 0 saturated heterocycles. The number of hydrogen-bond donors (Lipinski definition) is 2. The van der Waals surface area contributed by atoms with Crippen LogP contribution in [0.3, 0.4) is 0 Å². The number of rotatable bonds is 4. The molecule has 0 spiro atoms. The zero-order valence-corrected chi connectivity index (χ0v) is 7.78. The number of amides is 2. The zero-order valence-electron chi connectivity index (χ0n) is 7.78. The molecule has 0 unspecified atom stereocenters. The second-order valence-electron chi connectivity index (χ2n) is 2.33. The standard InChI is InChI=1S/C8H12N2O4/c1-14-6(11)4-2-3-5-10-8(13)7(9)12/h2,4H,3,5H2,1H3,(H2,9,12)(H,10,13)/b4-2+. The van der Waals surface area contributed by atoms with Crippen LogP contribution in [0, 0.1) is 0 Å². The van der Waals surface area contributed by atoms with Gasteiger partial charge in [-0.05, 0) is 6.42 Å². The van der Waals surface area contributed by atoms with Gasteiger partial charge in [-0.15, -0.1) is 0 Å². The lowest BCUT2D eigenvalue weighted by Gasteiger charge is -1.97. The first-order chi connectivity index (χ1) is 6.57. The van der Waals surface area contributed by atoms with E-state index in [9.17, 15) is 14.4 Å². The van der Waals surface area contributed by atoms with Crippen LogP contribution in [-0.4, -0.2) is 31.4 Å². The first kappa shape index (κ1) is 12.2. The molecule has 0 saturated carbocycles. The second-order valence-corrected chi connectivity index (χ2v) is 2.33. The molecule has 0 aliphatic carbocycles. The van der Waals surface area contributed by atoms with Crippen LogP contribution >= 0.6 is 0 Å². The molecule has 0 aromatic heterocycles. The Morgan fingerprint density at radius 2 is 2.07 bits per heavy atom. The number of carbonyl (C=O) groups is 3. The van der Waals surface area contributed by atoms with E-state index in [4.69, 9.17) is 0 Å². The lowest BCUT2D eigenvalue weighted by molar-refractivity contribution is -0.137. The van der Waals surface area contributed by atoms with Crippen molar-refractivity contribution < 1.29 is 19.1 Å². The topological polar surface area (TPSA) is 98.5 Å². The van der Waals surface area contributed by atoms with E-state index in [-0.39, 0.29) is 6.54 Å². The summed E-state index contributed by atoms with van der Waals surface area (Å²) in [5.74, 6) is -2.33. The molecule has 0 rings (SSSR count). The minimum atomic E-state index is -1.03. The SMILES string of the molecule is COC(=O)/C=C/CCNC(=O)C(N)=O. The van der Waals surface area contributed by atoms with Gasteiger partial charge in [0.2, 0.25) is 0 Å². The summed E-state index contributed by atoms with van der Waals surface area (Å²) in [6.45, 7) is 0.245. The van der Waals surface area contributed by atoms with Crippen molar-refractivity contribution in [3.63, 3.8) is 0 Å². The summed E-state index contributed by atoms with van der Waals surface area (Å²) in [4.78, 5) is 31.4. The maximum absolute atomic E-state index is 10.6. The monoisotopic (exact) mass is 200 g/mol. The highest BCUT2D eigenvalue weighted by Gasteiger charge is 2.05. The Morgan fingerprint density at radius 3 is 2.57 bits per heavy atom. The fourth-order valence-corrected chi connectivity index (χ4v) is 0.604. The summed E-state index contributed by atoms with van der Waals surface area (Å²) in [5.41, 5.74) is 4.68. The molecule has 6 nitrogen and oxygen atoms in total. The quantitative estimate of drug-likeness (QED) is 0.255. The molecule has 0 atom stereocenters. The van der Waals surface area contributed by atoms with E-state index in [0.717, 1.165) is 0 Å². The largest absolute Gasteiger partial charge is 0.466 e. The van der Waals surface area contributed by atoms with Gasteiger partial charge >= 0.3 is 17.8 Å². The third kappa shape index (κ3) is 5.76. The molecular formula is C8H12N2O4. The summed E-state index contributed by atoms with van der Waals surface area (Å²) in [6.07, 6.45) is 3.18. The molecule has 0 bridgehead atoms. The maximum atomic E-state index is 10.6. The van der Waals surface area contributed by atoms with Crippen molar-refractivity contribution in [3.8, 4) is 0 Å². The summed E-state index contributed by atoms with van der Waals surface area (Å²) < 4.78 is 4.33. The van der Waals surface area contributed by atoms with Gasteiger partial charge in [0.1, 0.15) is 0 Å². The number of methoxy groups -OCH3 is 1. The van der Waals surface area contributed by atoms with Gasteiger partial charge in [-0.1, -0.05) is 6.08 Å². The number of esters is 1. The van der Waals surface area contributed by atoms with Crippen LogP contribution in [-0.2, 0) is 19.1 Å². The molecule has 0 aliphatic heterocycles. The molecule has 2 amide bonds. The van der Waals surface area contributed by atoms with Crippen LogP contribution in [0.2, 0.25) is 0 Å². The third-order valence-electron chi connectivity index (χ3n) is 1.28. The molecule has 0 aromatic rings. The number of hydrogen-bond acceptors (Lipinski definition) is 4. The smallest absolute Gasteiger partial charge is 0.330 e. The summed E-state index contributed by atoms with van der Waals surface area (Å²) in [7, 11) is 1.27. The van der Waals surface area contributed by atoms with Gasteiger partial charge in [-0.3, -0.25) is 9.59 Å². The molecule has 14 heavy (non-hydrogen) atoms. The first-order valence-corrected chi connectivity index (χ1v) is 3.90. The van der Waals surface area contributed by atoms with Crippen LogP contribution in [0.5, 0.6) is 0 Å². The van der Waals surface area contributed by atoms with Crippen molar-refractivity contribution in [2.75, 3.05) is 13.7 Å². The van der Waals surface area contributed by atoms with Gasteiger partial charge in [0.15, 0.2) is 0 Å². The van der Waals surface area contributed by atoms with E-state index in [2.05, 4.69) is 15.8 Å². The normalized spacial score (nSPS) is 9.79. The minimum absolute atomic E-state index is 0.245. The number of nitrogens with one attached hydrogen (secondary N) is 1. The molecule has 6 heteroatoms. The average molecular weight is 200 g/mol. The lowest BCUT2D eigenvalue weighted by atomic mass is 10.3. The molecule has 0 aromatic carbocycles. The van der Waals surface area contributed by atoms with Gasteiger partial charge in [-0.25, -0.2) is 4.79 Å². The van der Waals surface area contributed by atoms with E-state index in [1.165, 1.54) is 19.3 Å². The highest BCUT2D eigenvalue weighted by Crippen LogP contribution is 1.83. The van der Waals surface area contributed by atoms with Crippen molar-refractivity contribution in [2.45, 2.75) is 6.42 Å². The molecule has 0 heterocycles. The van der Waals surface area contributed by atoms with E-state index in [0.29, 0.717) is 6.42 Å². The Kier molecular flexibility index (Phi) is 5.77. The Hall–Kier alpha value is -1.85. The molecule has 0 radical (unpaired) electrons. The van der Waals surface area contributed by atoms with Crippen LogP contribution in [0.15, 0.2) is 12.2 Å². The number of primary amides is 1. The van der Waals surface area contributed by atoms with Gasteiger partial charge in [0.05, 0.1) is 7.11 Å². The predicted molar refractivity (Wildman–Crippen MR) is 48.0 cm³/mol. The van der Waals surface area contributed by atoms with Crippen molar-refractivity contribution in [1.82, 2.24) is 5.32 Å². The Balaban J connectivity index is 3.56. The number of ether oxygens (including phenoxy) is 1. The Labute approximate surface area is 81.1 Å². The van der Waals surface area contributed by atoms with Crippen molar-refractivity contribution >= 4 is 17.8 Å². The first-order valence-electron chi connectivity index (χ1n) is 3.90. The predicted octanol–water partition coefficient (Wildman–Crippen LogP) is -1.29. The zero-order chi connectivity index (χ0) is 11.0. The van der Waals surface area contributed by atoms with Crippen LogP contribution in [0.4, 0.5) is 0 Å². The molecule has 3 N–H and O–H groups in total. The lowest BCUT2D eigenvalue weighted by Crippen LogP contribution is -2.36. The fourth-order valence-electron chi connectivity index (χ4n) is 0.604. The highest BCUT2D eigenvalue weighted by atomic mass is 16.5. The van der Waals surface area contributed by atoms with E-state index < -0.39 is 17.8 Å². The van der Waals surface area contributed by atoms with Crippen molar-refractivity contribution in [1.29, 1.82) is 0 Å². The van der Waals surface area contributed by atoms with Gasteiger partial charge in [0, 0.05) is 12.6 Å². The second kappa shape index (κ2) is 6.64. The number of carbonyl (C=O) groups excluding carboxylic acids is 3. The Morgan fingerprint density at radius 1 is 1.43 bits per heavy atom. The third-order valence-corrected chi connectivity index (χ3v) is 1.28. The van der Waals surface area contributed by atoms with E-state index in [1.807, 2.05) is 0 Å². The Bertz CT molecular complexity index is 260. The van der Waals surface area contributed by atoms with Crippen molar-refractivity contribution in [2.24, 2.45) is 5.73 Å². The summed E-state index contributed by atoms with van der Waals surface area (Å²) in [5, 5.41) is 2.26. The fraction of sp³-hybridized carbons (Fsp3) is 0.375. The van der Waals surface area contributed by atoms with Gasteiger partial charge in [-0.2, -0.15) is 0 Å². The van der Waals surface area contributed by atoms with E-state index >= 15 is 0 Å². The van der Waals surface area contributed by atoms with Gasteiger partial charge < -0.3 is 15.8 Å². The maximum Gasteiger partial charge on any atom is 0.330 e. The molecular weight excluding hydrogens is 188 g/mol. The number of nitrogens with two attached hydrogens (primary N) is 1. The van der Waals surface area contributed by atoms with Crippen LogP contribution in [0.1, 0.15) is 6.42 Å². The van der Waals surface area contributed by atoms with Gasteiger partial charge in [0.25, 0.3) is 0 Å². The van der Waals surface area contributed by atoms with Crippen LogP contribution in [0.25, 0.3) is 0 Å². The summed E-state index contributed by atoms with van der Waals surface area (Å²) >= 11 is 0. The molecule has 78 valence electrons. The van der Waals surface area contributed by atoms with Crippen LogP contribution < -0.4 is 11.1 Å². The molecule has 0 aliphatic rings.